The summed E-state index contributed by atoms with van der Waals surface area (Å²) in [5.74, 6) is 3.30. The van der Waals surface area contributed by atoms with Crippen LogP contribution in [0.25, 0.3) is 0 Å². The highest BCUT2D eigenvalue weighted by Crippen LogP contribution is 2.28. The number of H-pyrrole nitrogens is 1. The summed E-state index contributed by atoms with van der Waals surface area (Å²) in [5.41, 5.74) is 2.20. The minimum Gasteiger partial charge on any atom is -0.496 e. The summed E-state index contributed by atoms with van der Waals surface area (Å²) in [6.07, 6.45) is 11.7. The maximum absolute atomic E-state index is 12.9. The maximum atomic E-state index is 12.9. The van der Waals surface area contributed by atoms with Gasteiger partial charge in [0, 0.05) is 17.2 Å². The standard InChI is InChI=1S/C33H48N6O3/c1-4-5-6-7-8-9-10-19-39-20-17-25(18-21-39)32-36-31(37-38-32)24-34-27-14-11-13-26(22-27)33(40)35-23-28-29(41-2)15-12-16-30(28)42-3/h11-16,22,25,34H,4-10,17-21,23-24H2,1-3H3,(H,35,40)(H,36,37,38). The van der Waals surface area contributed by atoms with Crippen LogP contribution in [0, 0.1) is 0 Å². The Bertz CT molecular complexity index is 1220. The number of likely N-dealkylation sites (tertiary alicyclic amines) is 1. The molecule has 9 heteroatoms. The molecule has 9 nitrogen and oxygen atoms in total. The number of aromatic amines is 1. The predicted octanol–water partition coefficient (Wildman–Crippen LogP) is 6.29. The molecule has 1 aliphatic rings. The van der Waals surface area contributed by atoms with Gasteiger partial charge in [0.1, 0.15) is 17.3 Å². The number of hydrogen-bond donors (Lipinski definition) is 3. The molecule has 0 unspecified atom stereocenters. The van der Waals surface area contributed by atoms with Crippen LogP contribution in [0.4, 0.5) is 5.69 Å². The average Bonchev–Trinajstić information content (AvgIpc) is 3.51. The van der Waals surface area contributed by atoms with E-state index in [0.717, 1.165) is 48.8 Å². The van der Waals surface area contributed by atoms with E-state index >= 15 is 0 Å². The number of aromatic nitrogens is 3. The quantitative estimate of drug-likeness (QED) is 0.162. The molecule has 1 fully saturated rings. The lowest BCUT2D eigenvalue weighted by molar-refractivity contribution is 0.0950. The lowest BCUT2D eigenvalue weighted by Gasteiger charge is -2.30. The number of benzene rings is 2. The number of amides is 1. The fourth-order valence-electron chi connectivity index (χ4n) is 5.61. The number of carbonyl (C=O) groups excluding carboxylic acids is 1. The maximum Gasteiger partial charge on any atom is 0.251 e. The van der Waals surface area contributed by atoms with Crippen molar-refractivity contribution in [2.45, 2.75) is 83.7 Å². The Kier molecular flexibility index (Phi) is 12.5. The number of nitrogens with zero attached hydrogens (tertiary/aromatic N) is 3. The number of nitrogens with one attached hydrogen (secondary N) is 3. The zero-order chi connectivity index (χ0) is 29.6. The number of unbranched alkanes of at least 4 members (excludes halogenated alkanes) is 6. The van der Waals surface area contributed by atoms with Gasteiger partial charge in [0.15, 0.2) is 5.82 Å². The highest BCUT2D eigenvalue weighted by molar-refractivity contribution is 5.95. The molecule has 1 aliphatic heterocycles. The number of anilines is 1. The summed E-state index contributed by atoms with van der Waals surface area (Å²) in [6.45, 7) is 6.54. The van der Waals surface area contributed by atoms with Gasteiger partial charge < -0.3 is 25.0 Å². The van der Waals surface area contributed by atoms with Gasteiger partial charge in [0.05, 0.1) is 32.9 Å². The molecular formula is C33H48N6O3. The van der Waals surface area contributed by atoms with Crippen molar-refractivity contribution in [1.82, 2.24) is 25.4 Å². The van der Waals surface area contributed by atoms with Crippen LogP contribution < -0.4 is 20.1 Å². The van der Waals surface area contributed by atoms with Gasteiger partial charge in [-0.15, -0.1) is 0 Å². The number of rotatable bonds is 17. The normalized spacial score (nSPS) is 14.1. The highest BCUT2D eigenvalue weighted by Gasteiger charge is 2.23. The van der Waals surface area contributed by atoms with E-state index in [0.29, 0.717) is 36.1 Å². The van der Waals surface area contributed by atoms with E-state index in [1.807, 2.05) is 36.4 Å². The van der Waals surface area contributed by atoms with E-state index in [9.17, 15) is 4.79 Å². The molecule has 1 amide bonds. The Hall–Kier alpha value is -3.59. The number of piperidine rings is 1. The third kappa shape index (κ3) is 9.21. The van der Waals surface area contributed by atoms with E-state index in [1.165, 1.54) is 51.5 Å². The minimum absolute atomic E-state index is 0.174. The van der Waals surface area contributed by atoms with Crippen molar-refractivity contribution in [2.24, 2.45) is 0 Å². The average molecular weight is 577 g/mol. The second-order valence-corrected chi connectivity index (χ2v) is 11.1. The first-order valence-electron chi connectivity index (χ1n) is 15.6. The van der Waals surface area contributed by atoms with E-state index in [2.05, 4.69) is 32.7 Å². The summed E-state index contributed by atoms with van der Waals surface area (Å²) >= 11 is 0. The van der Waals surface area contributed by atoms with E-state index in [-0.39, 0.29) is 5.91 Å². The first-order chi connectivity index (χ1) is 20.6. The van der Waals surface area contributed by atoms with Crippen LogP contribution in [0.2, 0.25) is 0 Å². The molecule has 3 N–H and O–H groups in total. The molecule has 3 aromatic rings. The van der Waals surface area contributed by atoms with Crippen LogP contribution >= 0.6 is 0 Å². The van der Waals surface area contributed by atoms with E-state index < -0.39 is 0 Å². The molecule has 0 bridgehead atoms. The minimum atomic E-state index is -0.174. The molecule has 1 aromatic heterocycles. The molecule has 0 aliphatic carbocycles. The monoisotopic (exact) mass is 576 g/mol. The van der Waals surface area contributed by atoms with Crippen LogP contribution in [-0.4, -0.2) is 59.8 Å². The zero-order valence-corrected chi connectivity index (χ0v) is 25.6. The molecular weight excluding hydrogens is 528 g/mol. The van der Waals surface area contributed by atoms with Crippen molar-refractivity contribution < 1.29 is 14.3 Å². The molecule has 2 heterocycles. The first-order valence-corrected chi connectivity index (χ1v) is 15.6. The van der Waals surface area contributed by atoms with Crippen LogP contribution in [-0.2, 0) is 13.1 Å². The van der Waals surface area contributed by atoms with Crippen molar-refractivity contribution in [1.29, 1.82) is 0 Å². The van der Waals surface area contributed by atoms with Crippen molar-refractivity contribution in [2.75, 3.05) is 39.2 Å². The van der Waals surface area contributed by atoms with Gasteiger partial charge in [-0.3, -0.25) is 9.89 Å². The van der Waals surface area contributed by atoms with Gasteiger partial charge >= 0.3 is 0 Å². The fraction of sp³-hybridized carbons (Fsp3) is 0.545. The second-order valence-electron chi connectivity index (χ2n) is 11.1. The second kappa shape index (κ2) is 16.8. The molecule has 0 saturated carbocycles. The van der Waals surface area contributed by atoms with Gasteiger partial charge in [0.2, 0.25) is 0 Å². The van der Waals surface area contributed by atoms with Crippen molar-refractivity contribution in [3.63, 3.8) is 0 Å². The third-order valence-electron chi connectivity index (χ3n) is 8.12. The summed E-state index contributed by atoms with van der Waals surface area (Å²) < 4.78 is 10.9. The molecule has 0 spiro atoms. The van der Waals surface area contributed by atoms with Crippen molar-refractivity contribution in [3.8, 4) is 11.5 Å². The van der Waals surface area contributed by atoms with Crippen LogP contribution in [0.3, 0.4) is 0 Å². The van der Waals surface area contributed by atoms with E-state index in [1.54, 1.807) is 20.3 Å². The molecule has 0 radical (unpaired) electrons. The van der Waals surface area contributed by atoms with Crippen molar-refractivity contribution >= 4 is 11.6 Å². The number of ether oxygens (including phenoxy) is 2. The predicted molar refractivity (Wildman–Crippen MR) is 167 cm³/mol. The molecule has 0 atom stereocenters. The van der Waals surface area contributed by atoms with E-state index in [4.69, 9.17) is 14.5 Å². The van der Waals surface area contributed by atoms with Gasteiger partial charge in [0.25, 0.3) is 5.91 Å². The number of methoxy groups -OCH3 is 2. The highest BCUT2D eigenvalue weighted by atomic mass is 16.5. The van der Waals surface area contributed by atoms with Gasteiger partial charge in [-0.1, -0.05) is 57.6 Å². The van der Waals surface area contributed by atoms with Gasteiger partial charge in [-0.05, 0) is 69.2 Å². The molecule has 4 rings (SSSR count). The molecule has 1 saturated heterocycles. The third-order valence-corrected chi connectivity index (χ3v) is 8.12. The molecule has 2 aromatic carbocycles. The summed E-state index contributed by atoms with van der Waals surface area (Å²) in [6, 6.07) is 13.0. The summed E-state index contributed by atoms with van der Waals surface area (Å²) in [7, 11) is 3.21. The van der Waals surface area contributed by atoms with Crippen LogP contribution in [0.5, 0.6) is 11.5 Å². The Labute approximate surface area is 250 Å². The SMILES string of the molecule is CCCCCCCCCN1CCC(c2n[nH]c(CNc3cccc(C(=O)NCc4c(OC)cccc4OC)c3)n2)CC1. The topological polar surface area (TPSA) is 104 Å². The lowest BCUT2D eigenvalue weighted by atomic mass is 9.96. The Balaban J connectivity index is 1.20. The number of hydrogen-bond acceptors (Lipinski definition) is 7. The Morgan fingerprint density at radius 1 is 0.952 bits per heavy atom. The van der Waals surface area contributed by atoms with Crippen LogP contribution in [0.15, 0.2) is 42.5 Å². The Morgan fingerprint density at radius 3 is 2.36 bits per heavy atom. The number of carbonyl (C=O) groups is 1. The summed E-state index contributed by atoms with van der Waals surface area (Å²) in [4.78, 5) is 20.3. The molecule has 228 valence electrons. The fourth-order valence-corrected chi connectivity index (χ4v) is 5.61. The molecule has 42 heavy (non-hydrogen) atoms. The van der Waals surface area contributed by atoms with Gasteiger partial charge in [-0.25, -0.2) is 4.98 Å². The first kappa shape index (κ1) is 31.3. The summed E-state index contributed by atoms with van der Waals surface area (Å²) in [5, 5.41) is 14.0. The largest absolute Gasteiger partial charge is 0.496 e. The van der Waals surface area contributed by atoms with Crippen molar-refractivity contribution in [3.05, 3.63) is 65.2 Å². The van der Waals surface area contributed by atoms with Gasteiger partial charge in [-0.2, -0.15) is 5.10 Å². The zero-order valence-electron chi connectivity index (χ0n) is 25.6. The lowest BCUT2D eigenvalue weighted by Crippen LogP contribution is -2.34. The Morgan fingerprint density at radius 2 is 1.64 bits per heavy atom. The van der Waals surface area contributed by atoms with Crippen LogP contribution in [0.1, 0.15) is 98.2 Å². The smallest absolute Gasteiger partial charge is 0.251 e.